The summed E-state index contributed by atoms with van der Waals surface area (Å²) in [6.45, 7) is 1.54. The number of carbonyl (C=O) groups is 3. The lowest BCUT2D eigenvalue weighted by Gasteiger charge is -2.59. The number of hydrogen-bond acceptors (Lipinski definition) is 10. The van der Waals surface area contributed by atoms with Crippen LogP contribution in [0.3, 0.4) is 0 Å². The number of ether oxygens (including phenoxy) is 3. The molecule has 0 aliphatic heterocycles. The fraction of sp³-hybridized carbons (Fsp3) is 0.885. The van der Waals surface area contributed by atoms with E-state index in [0.29, 0.717) is 37.5 Å². The Labute approximate surface area is 223 Å². The summed E-state index contributed by atoms with van der Waals surface area (Å²) in [7, 11) is 0. The third-order valence-corrected chi connectivity index (χ3v) is 11.1. The molecule has 38 heavy (non-hydrogen) atoms. The summed E-state index contributed by atoms with van der Waals surface area (Å²) in [4.78, 5) is 38.6. The highest BCUT2D eigenvalue weighted by Gasteiger charge is 2.64. The normalized spacial score (nSPS) is 44.2. The van der Waals surface area contributed by atoms with Gasteiger partial charge in [-0.2, -0.15) is 8.78 Å². The van der Waals surface area contributed by atoms with Crippen molar-refractivity contribution in [2.45, 2.75) is 94.0 Å². The molecule has 8 fully saturated rings. The van der Waals surface area contributed by atoms with E-state index in [9.17, 15) is 23.2 Å². The molecule has 0 aromatic heterocycles. The smallest absolute Gasteiger partial charge is 0.415 e. The Morgan fingerprint density at radius 1 is 0.895 bits per heavy atom. The maximum absolute atomic E-state index is 14.1. The zero-order valence-electron chi connectivity index (χ0n) is 21.3. The van der Waals surface area contributed by atoms with E-state index in [1.54, 1.807) is 0 Å². The molecule has 0 radical (unpaired) electrons. The van der Waals surface area contributed by atoms with Gasteiger partial charge in [-0.3, -0.25) is 4.79 Å². The highest BCUT2D eigenvalue weighted by atomic mass is 32.2. The molecule has 9 nitrogen and oxygen atoms in total. The number of alkyl halides is 2. The van der Waals surface area contributed by atoms with Crippen LogP contribution in [0, 0.1) is 40.9 Å². The van der Waals surface area contributed by atoms with Gasteiger partial charge in [0.05, 0.1) is 5.41 Å². The van der Waals surface area contributed by atoms with Crippen LogP contribution in [0.25, 0.3) is 0 Å². The van der Waals surface area contributed by atoms with Crippen LogP contribution in [0.5, 0.6) is 0 Å². The molecule has 212 valence electrons. The van der Waals surface area contributed by atoms with Gasteiger partial charge in [-0.1, -0.05) is 5.04 Å². The summed E-state index contributed by atoms with van der Waals surface area (Å²) in [6, 6.07) is 0. The van der Waals surface area contributed by atoms with Crippen molar-refractivity contribution in [1.29, 1.82) is 0 Å². The minimum absolute atomic E-state index is 0.0220. The SMILES string of the molecule is CC1(OC(=O)COC(=O)C23CC4CC(CC(OC(=O)C(F)(F)SOOO)(C4)C2)C3)C2CC3CC(C2)CC1C3. The van der Waals surface area contributed by atoms with Crippen LogP contribution in [-0.2, 0) is 38.0 Å². The molecule has 12 heteroatoms. The molecule has 0 spiro atoms. The standard InChI is InChI=1S/C26H34F2O9S/c1-23(18-4-14-2-15(6-18)7-19(23)5-14)34-20(29)12-33-21(30)24-8-16-3-17(9-24)11-25(10-16,13-24)35-22(31)26(27,28)38-37-36-32/h14-19,32H,2-13H2,1H3. The minimum atomic E-state index is -4.11. The fourth-order valence-electron chi connectivity index (χ4n) is 9.72. The van der Waals surface area contributed by atoms with Crippen LogP contribution in [0.1, 0.15) is 77.6 Å². The molecule has 8 aliphatic rings. The van der Waals surface area contributed by atoms with Crippen LogP contribution in [0.2, 0.25) is 0 Å². The second-order valence-corrected chi connectivity index (χ2v) is 13.9. The van der Waals surface area contributed by atoms with Gasteiger partial charge in [0.15, 0.2) is 6.61 Å². The highest BCUT2D eigenvalue weighted by Crippen LogP contribution is 2.64. The first-order valence-electron chi connectivity index (χ1n) is 13.6. The van der Waals surface area contributed by atoms with Gasteiger partial charge in [0.2, 0.25) is 0 Å². The first-order chi connectivity index (χ1) is 17.9. The van der Waals surface area contributed by atoms with Crippen LogP contribution in [-0.4, -0.2) is 46.2 Å². The average Bonchev–Trinajstić information content (AvgIpc) is 2.83. The molecule has 0 aromatic rings. The third-order valence-electron chi connectivity index (χ3n) is 10.6. The summed E-state index contributed by atoms with van der Waals surface area (Å²) < 4.78 is 48.9. The number of esters is 3. The maximum Gasteiger partial charge on any atom is 0.415 e. The van der Waals surface area contributed by atoms with Gasteiger partial charge >= 0.3 is 23.2 Å². The molecule has 0 amide bonds. The van der Waals surface area contributed by atoms with Crippen molar-refractivity contribution in [3.63, 3.8) is 0 Å². The Kier molecular flexibility index (Phi) is 6.52. The number of hydrogen-bond donors (Lipinski definition) is 1. The third kappa shape index (κ3) is 4.53. The van der Waals surface area contributed by atoms with Crippen molar-refractivity contribution in [2.24, 2.45) is 40.9 Å². The second-order valence-electron chi connectivity index (χ2n) is 13.1. The molecule has 8 aliphatic carbocycles. The molecular formula is C26H34F2O9S. The van der Waals surface area contributed by atoms with Crippen molar-refractivity contribution >= 4 is 30.0 Å². The maximum atomic E-state index is 14.1. The lowest BCUT2D eigenvalue weighted by atomic mass is 9.48. The molecule has 1 N–H and O–H groups in total. The largest absolute Gasteiger partial charge is 0.456 e. The molecule has 0 heterocycles. The van der Waals surface area contributed by atoms with Gasteiger partial charge in [-0.15, -0.1) is 4.33 Å². The summed E-state index contributed by atoms with van der Waals surface area (Å²) in [5, 5.41) is 7.21. The van der Waals surface area contributed by atoms with Crippen molar-refractivity contribution in [3.05, 3.63) is 0 Å². The number of rotatable bonds is 9. The van der Waals surface area contributed by atoms with E-state index in [1.165, 1.54) is 6.42 Å². The average molecular weight is 561 g/mol. The number of carbonyl (C=O) groups excluding carboxylic acids is 3. The van der Waals surface area contributed by atoms with Crippen molar-refractivity contribution in [2.75, 3.05) is 6.61 Å². The highest BCUT2D eigenvalue weighted by molar-refractivity contribution is 7.96. The molecular weight excluding hydrogens is 526 g/mol. The van der Waals surface area contributed by atoms with Gasteiger partial charge in [0, 0.05) is 6.42 Å². The topological polar surface area (TPSA) is 118 Å². The fourth-order valence-corrected chi connectivity index (χ4v) is 9.95. The zero-order valence-corrected chi connectivity index (χ0v) is 22.1. The van der Waals surface area contributed by atoms with E-state index in [-0.39, 0.29) is 18.3 Å². The van der Waals surface area contributed by atoms with Crippen LogP contribution >= 0.6 is 12.0 Å². The van der Waals surface area contributed by atoms with Gasteiger partial charge in [0.25, 0.3) is 0 Å². The first kappa shape index (κ1) is 26.7. The molecule has 8 saturated carbocycles. The van der Waals surface area contributed by atoms with E-state index in [4.69, 9.17) is 19.5 Å². The van der Waals surface area contributed by atoms with E-state index >= 15 is 0 Å². The minimum Gasteiger partial charge on any atom is -0.456 e. The Morgan fingerprint density at radius 3 is 2.05 bits per heavy atom. The van der Waals surface area contributed by atoms with Crippen molar-refractivity contribution < 1.29 is 52.0 Å². The summed E-state index contributed by atoms with van der Waals surface area (Å²) >= 11 is -0.669. The molecule has 8 bridgehead atoms. The Balaban J connectivity index is 1.09. The van der Waals surface area contributed by atoms with E-state index < -0.39 is 58.4 Å². The quantitative estimate of drug-likeness (QED) is 0.138. The van der Waals surface area contributed by atoms with Crippen LogP contribution < -0.4 is 0 Å². The van der Waals surface area contributed by atoms with Gasteiger partial charge in [0.1, 0.15) is 23.2 Å². The van der Waals surface area contributed by atoms with Crippen molar-refractivity contribution in [3.8, 4) is 0 Å². The van der Waals surface area contributed by atoms with Crippen LogP contribution in [0.4, 0.5) is 8.78 Å². The summed E-state index contributed by atoms with van der Waals surface area (Å²) in [6.07, 6.45) is 8.29. The monoisotopic (exact) mass is 560 g/mol. The van der Waals surface area contributed by atoms with Gasteiger partial charge in [-0.25, -0.2) is 14.8 Å². The first-order valence-corrected chi connectivity index (χ1v) is 14.3. The molecule has 2 unspecified atom stereocenters. The predicted octanol–water partition coefficient (Wildman–Crippen LogP) is 4.83. The summed E-state index contributed by atoms with van der Waals surface area (Å²) in [5.41, 5.74) is -2.74. The summed E-state index contributed by atoms with van der Waals surface area (Å²) in [5.74, 6) is -0.731. The van der Waals surface area contributed by atoms with Crippen LogP contribution in [0.15, 0.2) is 0 Å². The molecule has 8 rings (SSSR count). The zero-order chi connectivity index (χ0) is 26.9. The molecule has 0 saturated heterocycles. The van der Waals surface area contributed by atoms with E-state index in [1.807, 2.05) is 6.92 Å². The van der Waals surface area contributed by atoms with Crippen molar-refractivity contribution in [1.82, 2.24) is 0 Å². The Hall–Kier alpha value is -1.50. The second kappa shape index (κ2) is 9.27. The van der Waals surface area contributed by atoms with E-state index in [2.05, 4.69) is 9.37 Å². The predicted molar refractivity (Wildman–Crippen MR) is 126 cm³/mol. The van der Waals surface area contributed by atoms with Gasteiger partial charge in [-0.05, 0) is 107 Å². The Bertz CT molecular complexity index is 961. The van der Waals surface area contributed by atoms with E-state index in [0.717, 1.165) is 43.9 Å². The Morgan fingerprint density at radius 2 is 1.47 bits per heavy atom. The van der Waals surface area contributed by atoms with Gasteiger partial charge < -0.3 is 14.2 Å². The lowest BCUT2D eigenvalue weighted by Crippen LogP contribution is -2.61. The molecule has 0 aromatic carbocycles. The lowest BCUT2D eigenvalue weighted by molar-refractivity contribution is -0.433. The molecule has 2 atom stereocenters. The number of halogens is 2.